The van der Waals surface area contributed by atoms with Crippen LogP contribution in [0.25, 0.3) is 0 Å². The van der Waals surface area contributed by atoms with Crippen molar-refractivity contribution in [1.82, 2.24) is 9.88 Å². The van der Waals surface area contributed by atoms with E-state index in [0.717, 1.165) is 0 Å². The minimum Gasteiger partial charge on any atom is -0.477 e. The van der Waals surface area contributed by atoms with Crippen LogP contribution in [-0.4, -0.2) is 58.5 Å². The molecule has 0 amide bonds. The fourth-order valence-corrected chi connectivity index (χ4v) is 1.96. The molecule has 1 atom stereocenters. The zero-order valence-electron chi connectivity index (χ0n) is 9.95. The van der Waals surface area contributed by atoms with Gasteiger partial charge in [0.15, 0.2) is 0 Å². The van der Waals surface area contributed by atoms with E-state index in [9.17, 15) is 9.90 Å². The fourth-order valence-electron chi connectivity index (χ4n) is 1.96. The summed E-state index contributed by atoms with van der Waals surface area (Å²) in [7, 11) is 0. The summed E-state index contributed by atoms with van der Waals surface area (Å²) in [5.74, 6) is -1.03. The van der Waals surface area contributed by atoms with Crippen LogP contribution < -0.4 is 0 Å². The third-order valence-electron chi connectivity index (χ3n) is 2.95. The minimum absolute atomic E-state index is 0.0264. The average molecular weight is 252 g/mol. The molecule has 1 aromatic rings. The second-order valence-corrected chi connectivity index (χ2v) is 4.20. The predicted molar refractivity (Wildman–Crippen MR) is 63.3 cm³/mol. The molecule has 2 heterocycles. The van der Waals surface area contributed by atoms with E-state index in [4.69, 9.17) is 9.84 Å². The molecular formula is C12H16N2O4. The number of aliphatic hydroxyl groups is 1. The third-order valence-corrected chi connectivity index (χ3v) is 2.95. The van der Waals surface area contributed by atoms with Crippen LogP contribution in [0.5, 0.6) is 0 Å². The number of carbonyl (C=O) groups is 1. The Hall–Kier alpha value is -1.50. The third kappa shape index (κ3) is 3.04. The van der Waals surface area contributed by atoms with Gasteiger partial charge in [0.1, 0.15) is 5.69 Å². The largest absolute Gasteiger partial charge is 0.477 e. The first-order valence-electron chi connectivity index (χ1n) is 5.82. The number of aromatic nitrogens is 1. The summed E-state index contributed by atoms with van der Waals surface area (Å²) in [6.45, 7) is 2.38. The molecule has 6 nitrogen and oxygen atoms in total. The lowest BCUT2D eigenvalue weighted by molar-refractivity contribution is -0.0317. The van der Waals surface area contributed by atoms with Gasteiger partial charge in [-0.05, 0) is 12.1 Å². The summed E-state index contributed by atoms with van der Waals surface area (Å²) in [5, 5.41) is 18.1. The van der Waals surface area contributed by atoms with Crippen LogP contribution in [0.2, 0.25) is 0 Å². The van der Waals surface area contributed by atoms with Crippen molar-refractivity contribution in [2.24, 2.45) is 0 Å². The lowest BCUT2D eigenvalue weighted by Gasteiger charge is -2.34. The van der Waals surface area contributed by atoms with E-state index in [1.807, 2.05) is 0 Å². The average Bonchev–Trinajstić information content (AvgIpc) is 2.39. The number of pyridine rings is 1. The van der Waals surface area contributed by atoms with Crippen LogP contribution in [-0.2, 0) is 11.3 Å². The number of aromatic carboxylic acids is 1. The molecule has 0 saturated carbocycles. The summed E-state index contributed by atoms with van der Waals surface area (Å²) < 4.78 is 5.29. The Kier molecular flexibility index (Phi) is 4.24. The van der Waals surface area contributed by atoms with Gasteiger partial charge in [-0.25, -0.2) is 9.78 Å². The Morgan fingerprint density at radius 2 is 2.39 bits per heavy atom. The van der Waals surface area contributed by atoms with Crippen LogP contribution in [0.3, 0.4) is 0 Å². The van der Waals surface area contributed by atoms with E-state index in [1.54, 1.807) is 12.1 Å². The molecule has 1 saturated heterocycles. The fraction of sp³-hybridized carbons (Fsp3) is 0.500. The van der Waals surface area contributed by atoms with Gasteiger partial charge in [-0.1, -0.05) is 6.07 Å². The van der Waals surface area contributed by atoms with Gasteiger partial charge in [0.25, 0.3) is 0 Å². The number of hydrogen-bond acceptors (Lipinski definition) is 5. The second kappa shape index (κ2) is 5.90. The molecule has 2 N–H and O–H groups in total. The molecule has 18 heavy (non-hydrogen) atoms. The van der Waals surface area contributed by atoms with E-state index in [0.29, 0.717) is 32.0 Å². The van der Waals surface area contributed by atoms with Crippen molar-refractivity contribution in [3.63, 3.8) is 0 Å². The molecule has 1 aliphatic heterocycles. The van der Waals surface area contributed by atoms with Crippen LogP contribution in [0.15, 0.2) is 18.2 Å². The molecule has 0 radical (unpaired) electrons. The first-order chi connectivity index (χ1) is 8.70. The van der Waals surface area contributed by atoms with Crippen LogP contribution in [0.4, 0.5) is 0 Å². The summed E-state index contributed by atoms with van der Waals surface area (Å²) in [6.07, 6.45) is 0. The number of ether oxygens (including phenoxy) is 1. The number of hydrogen-bond donors (Lipinski definition) is 2. The van der Waals surface area contributed by atoms with Crippen molar-refractivity contribution in [2.75, 3.05) is 26.4 Å². The van der Waals surface area contributed by atoms with Crippen molar-refractivity contribution in [1.29, 1.82) is 0 Å². The van der Waals surface area contributed by atoms with Crippen molar-refractivity contribution in [3.05, 3.63) is 29.6 Å². The highest BCUT2D eigenvalue weighted by atomic mass is 16.5. The van der Waals surface area contributed by atoms with Crippen molar-refractivity contribution >= 4 is 5.97 Å². The van der Waals surface area contributed by atoms with Gasteiger partial charge in [0.05, 0.1) is 31.6 Å². The van der Waals surface area contributed by atoms with Crippen molar-refractivity contribution in [2.45, 2.75) is 12.6 Å². The summed E-state index contributed by atoms with van der Waals surface area (Å²) >= 11 is 0. The Bertz CT molecular complexity index is 424. The summed E-state index contributed by atoms with van der Waals surface area (Å²) in [4.78, 5) is 17.0. The zero-order chi connectivity index (χ0) is 13.0. The Balaban J connectivity index is 2.07. The van der Waals surface area contributed by atoms with Gasteiger partial charge in [-0.3, -0.25) is 4.90 Å². The van der Waals surface area contributed by atoms with Gasteiger partial charge >= 0.3 is 5.97 Å². The monoisotopic (exact) mass is 252 g/mol. The zero-order valence-corrected chi connectivity index (χ0v) is 9.95. The topological polar surface area (TPSA) is 82.9 Å². The number of aliphatic hydroxyl groups excluding tert-OH is 1. The maximum atomic E-state index is 10.8. The highest BCUT2D eigenvalue weighted by molar-refractivity contribution is 5.85. The van der Waals surface area contributed by atoms with Crippen molar-refractivity contribution in [3.8, 4) is 0 Å². The predicted octanol–water partition coefficient (Wildman–Crippen LogP) is -0.0271. The lowest BCUT2D eigenvalue weighted by Crippen LogP contribution is -2.47. The summed E-state index contributed by atoms with van der Waals surface area (Å²) in [6, 6.07) is 4.89. The maximum absolute atomic E-state index is 10.8. The second-order valence-electron chi connectivity index (χ2n) is 4.20. The first-order valence-corrected chi connectivity index (χ1v) is 5.82. The molecular weight excluding hydrogens is 236 g/mol. The van der Waals surface area contributed by atoms with Crippen LogP contribution in [0, 0.1) is 0 Å². The lowest BCUT2D eigenvalue weighted by atomic mass is 10.2. The normalized spacial score (nSPS) is 20.8. The molecule has 0 bridgehead atoms. The van der Waals surface area contributed by atoms with Gasteiger partial charge < -0.3 is 14.9 Å². The molecule has 0 aromatic carbocycles. The molecule has 1 aliphatic rings. The number of rotatable bonds is 4. The van der Waals surface area contributed by atoms with Crippen LogP contribution >= 0.6 is 0 Å². The standard InChI is InChI=1S/C12H16N2O4/c15-7-10-8-18-5-4-14(10)6-9-2-1-3-11(13-9)12(16)17/h1-3,10,15H,4-8H2,(H,16,17)/t10-/m0/s1. The molecule has 1 fully saturated rings. The van der Waals surface area contributed by atoms with Crippen molar-refractivity contribution < 1.29 is 19.7 Å². The van der Waals surface area contributed by atoms with Gasteiger partial charge in [-0.15, -0.1) is 0 Å². The Morgan fingerprint density at radius 3 is 3.11 bits per heavy atom. The van der Waals surface area contributed by atoms with E-state index in [2.05, 4.69) is 9.88 Å². The van der Waals surface area contributed by atoms with Gasteiger partial charge in [0.2, 0.25) is 0 Å². The van der Waals surface area contributed by atoms with Gasteiger partial charge in [-0.2, -0.15) is 0 Å². The molecule has 0 spiro atoms. The van der Waals surface area contributed by atoms with E-state index >= 15 is 0 Å². The molecule has 6 heteroatoms. The number of morpholine rings is 1. The highest BCUT2D eigenvalue weighted by Crippen LogP contribution is 2.11. The molecule has 0 aliphatic carbocycles. The van der Waals surface area contributed by atoms with E-state index in [1.165, 1.54) is 6.07 Å². The Labute approximate surface area is 105 Å². The SMILES string of the molecule is O=C(O)c1cccc(CN2CCOC[C@@H]2CO)n1. The first kappa shape index (κ1) is 12.9. The molecule has 1 aromatic heterocycles. The maximum Gasteiger partial charge on any atom is 0.354 e. The van der Waals surface area contributed by atoms with Gasteiger partial charge in [0, 0.05) is 13.1 Å². The number of nitrogens with zero attached hydrogens (tertiary/aromatic N) is 2. The number of carboxylic acid groups (broad SMARTS) is 1. The van der Waals surface area contributed by atoms with Crippen LogP contribution in [0.1, 0.15) is 16.2 Å². The molecule has 0 unspecified atom stereocenters. The van der Waals surface area contributed by atoms with E-state index < -0.39 is 5.97 Å². The highest BCUT2D eigenvalue weighted by Gasteiger charge is 2.22. The summed E-state index contributed by atoms with van der Waals surface area (Å²) in [5.41, 5.74) is 0.733. The molecule has 2 rings (SSSR count). The minimum atomic E-state index is -1.03. The Morgan fingerprint density at radius 1 is 1.56 bits per heavy atom. The quantitative estimate of drug-likeness (QED) is 0.783. The molecule has 98 valence electrons. The van der Waals surface area contributed by atoms with E-state index in [-0.39, 0.29) is 18.3 Å². The smallest absolute Gasteiger partial charge is 0.354 e. The number of carboxylic acids is 1.